The van der Waals surface area contributed by atoms with Crippen LogP contribution in [0.4, 0.5) is 17.6 Å². The van der Waals surface area contributed by atoms with Crippen LogP contribution in [0.25, 0.3) is 0 Å². The molecule has 1 aliphatic carbocycles. The highest BCUT2D eigenvalue weighted by molar-refractivity contribution is 6.00. The summed E-state index contributed by atoms with van der Waals surface area (Å²) < 4.78 is 68.6. The number of benzene rings is 2. The Hall–Kier alpha value is -4.36. The van der Waals surface area contributed by atoms with Gasteiger partial charge in [0.05, 0.1) is 23.6 Å². The van der Waals surface area contributed by atoms with E-state index >= 15 is 0 Å². The van der Waals surface area contributed by atoms with Gasteiger partial charge in [-0.3, -0.25) is 19.2 Å². The third-order valence-corrected chi connectivity index (χ3v) is 7.72. The summed E-state index contributed by atoms with van der Waals surface area (Å²) in [5.74, 6) is -14.1. The second-order valence-corrected chi connectivity index (χ2v) is 10.7. The van der Waals surface area contributed by atoms with E-state index in [4.69, 9.17) is 9.47 Å². The molecular weight excluding hydrogens is 566 g/mol. The van der Waals surface area contributed by atoms with Gasteiger partial charge in [0.1, 0.15) is 17.9 Å². The first-order chi connectivity index (χ1) is 19.9. The van der Waals surface area contributed by atoms with E-state index in [1.165, 1.54) is 38.1 Å². The number of hydrogen-bond donors (Lipinski definition) is 4. The average Bonchev–Trinajstić information content (AvgIpc) is 3.80. The highest BCUT2D eigenvalue weighted by atomic mass is 19.2. The number of phenolic OH excluding ortho intramolecular Hbond substituents is 1. The molecule has 42 heavy (non-hydrogen) atoms. The van der Waals surface area contributed by atoms with Crippen LogP contribution in [0.2, 0.25) is 0 Å². The molecule has 0 spiro atoms. The highest BCUT2D eigenvalue weighted by Crippen LogP contribution is 2.39. The number of hydrogen-bond acceptors (Lipinski definition) is 7. The average molecular weight is 594 g/mol. The molecule has 224 valence electrons. The Morgan fingerprint density at radius 2 is 1.60 bits per heavy atom. The Morgan fingerprint density at radius 3 is 2.26 bits per heavy atom. The molecule has 2 aliphatic heterocycles. The van der Waals surface area contributed by atoms with Crippen molar-refractivity contribution in [3.05, 3.63) is 58.7 Å². The summed E-state index contributed by atoms with van der Waals surface area (Å²) in [7, 11) is 0. The zero-order valence-corrected chi connectivity index (χ0v) is 22.4. The highest BCUT2D eigenvalue weighted by Gasteiger charge is 2.47. The number of amides is 3. The Balaban J connectivity index is 1.54. The lowest BCUT2D eigenvalue weighted by Crippen LogP contribution is -2.63. The van der Waals surface area contributed by atoms with Crippen molar-refractivity contribution >= 4 is 23.7 Å². The summed E-state index contributed by atoms with van der Waals surface area (Å²) in [6.45, 7) is 2.71. The van der Waals surface area contributed by atoms with Crippen molar-refractivity contribution in [3.63, 3.8) is 0 Å². The number of phenols is 1. The lowest BCUT2D eigenvalue weighted by Gasteiger charge is -2.39. The summed E-state index contributed by atoms with van der Waals surface area (Å²) in [4.78, 5) is 53.0. The summed E-state index contributed by atoms with van der Waals surface area (Å²) in [5, 5.41) is 17.7. The van der Waals surface area contributed by atoms with Gasteiger partial charge < -0.3 is 30.5 Å². The van der Waals surface area contributed by atoms with Gasteiger partial charge >= 0.3 is 5.97 Å². The van der Waals surface area contributed by atoms with Crippen LogP contribution in [-0.4, -0.2) is 59.1 Å². The number of ether oxygens (including phenoxy) is 2. The van der Waals surface area contributed by atoms with Crippen molar-refractivity contribution in [1.29, 1.82) is 0 Å². The molecule has 1 saturated heterocycles. The lowest BCUT2D eigenvalue weighted by atomic mass is 9.88. The molecule has 2 aromatic rings. The van der Waals surface area contributed by atoms with Crippen LogP contribution in [0.5, 0.6) is 11.5 Å². The minimum Gasteiger partial charge on any atom is -0.507 e. The maximum Gasteiger partial charge on any atom is 0.313 e. The number of carbonyl (C=O) groups excluding carboxylic acids is 4. The van der Waals surface area contributed by atoms with Gasteiger partial charge in [0.2, 0.25) is 17.5 Å². The first kappa shape index (κ1) is 29.1. The molecule has 1 unspecified atom stereocenters. The lowest BCUT2D eigenvalue weighted by molar-refractivity contribution is -0.165. The van der Waals surface area contributed by atoms with Crippen LogP contribution in [0.3, 0.4) is 0 Å². The second-order valence-electron chi connectivity index (χ2n) is 10.7. The van der Waals surface area contributed by atoms with Gasteiger partial charge in [0, 0.05) is 17.9 Å². The van der Waals surface area contributed by atoms with Crippen molar-refractivity contribution < 1.29 is 51.3 Å². The molecular formula is C28H27F4N3O7. The molecule has 0 radical (unpaired) electrons. The number of esters is 1. The fraction of sp³-hybridized carbons (Fsp3) is 0.429. The van der Waals surface area contributed by atoms with E-state index < -0.39 is 101 Å². The van der Waals surface area contributed by atoms with E-state index in [9.17, 15) is 41.8 Å². The van der Waals surface area contributed by atoms with E-state index in [1.54, 1.807) is 0 Å². The molecule has 2 aromatic carbocycles. The number of halogens is 4. The molecule has 2 fully saturated rings. The third kappa shape index (κ3) is 5.32. The predicted octanol–water partition coefficient (Wildman–Crippen LogP) is 2.01. The van der Waals surface area contributed by atoms with E-state index in [-0.39, 0.29) is 17.2 Å². The summed E-state index contributed by atoms with van der Waals surface area (Å²) >= 11 is 0. The Kier molecular flexibility index (Phi) is 7.73. The molecule has 5 rings (SSSR count). The van der Waals surface area contributed by atoms with Crippen molar-refractivity contribution in [2.24, 2.45) is 11.8 Å². The van der Waals surface area contributed by atoms with Crippen molar-refractivity contribution in [2.75, 3.05) is 0 Å². The van der Waals surface area contributed by atoms with E-state index in [0.717, 1.165) is 0 Å². The monoisotopic (exact) mass is 593 g/mol. The van der Waals surface area contributed by atoms with E-state index in [1.807, 2.05) is 0 Å². The second kappa shape index (κ2) is 11.1. The molecule has 3 aliphatic rings. The van der Waals surface area contributed by atoms with Crippen LogP contribution in [0.1, 0.15) is 42.6 Å². The number of aromatic hydroxyl groups is 1. The van der Waals surface area contributed by atoms with Gasteiger partial charge in [0.15, 0.2) is 23.5 Å². The fourth-order valence-electron chi connectivity index (χ4n) is 5.19. The van der Waals surface area contributed by atoms with Gasteiger partial charge in [0.25, 0.3) is 11.8 Å². The molecule has 3 amide bonds. The molecule has 6 atom stereocenters. The zero-order chi connectivity index (χ0) is 30.5. The van der Waals surface area contributed by atoms with Gasteiger partial charge in [-0.05, 0) is 38.8 Å². The van der Waals surface area contributed by atoms with Crippen LogP contribution in [-0.2, 0) is 25.5 Å². The molecule has 4 N–H and O–H groups in total. The predicted molar refractivity (Wildman–Crippen MR) is 135 cm³/mol. The number of cyclic esters (lactones) is 1. The maximum absolute atomic E-state index is 14.7. The zero-order valence-electron chi connectivity index (χ0n) is 22.4. The van der Waals surface area contributed by atoms with Gasteiger partial charge in [-0.25, -0.2) is 13.2 Å². The molecule has 0 bridgehead atoms. The van der Waals surface area contributed by atoms with E-state index in [0.29, 0.717) is 12.8 Å². The van der Waals surface area contributed by atoms with Crippen molar-refractivity contribution in [3.8, 4) is 11.5 Å². The van der Waals surface area contributed by atoms with Crippen LogP contribution in [0, 0.1) is 35.1 Å². The first-order valence-corrected chi connectivity index (χ1v) is 13.3. The SMILES string of the molecule is C[C@H]1NC(=O)C(C2CC2)OC(=O)[C@H](C)[C@@H]2Oc3c(F)c(F)c(F)c(F)c3C[C@@H]2NC(=O)[C@H]1NC(=O)c1ccccc1O. The van der Waals surface area contributed by atoms with Gasteiger partial charge in [-0.2, -0.15) is 4.39 Å². The topological polar surface area (TPSA) is 143 Å². The largest absolute Gasteiger partial charge is 0.507 e. The summed E-state index contributed by atoms with van der Waals surface area (Å²) in [6, 6.07) is 1.59. The summed E-state index contributed by atoms with van der Waals surface area (Å²) in [5.41, 5.74) is -0.871. The van der Waals surface area contributed by atoms with Crippen LogP contribution in [0.15, 0.2) is 24.3 Å². The standard InChI is InChI=1S/C28H27F4N3O7/c1-10-22-15(9-14-17(29)18(30)19(31)20(32)24(14)41-22)34-26(38)21(35-25(37)13-5-3-4-6-16(13)36)11(2)33-27(39)23(12-7-8-12)42-28(10)40/h3-6,10-12,15,21-23,36H,7-9H2,1-2H3,(H,33,39)(H,34,38)(H,35,37)/t10-,11-,15+,21+,22+,23?/m1/s1. The molecule has 2 heterocycles. The third-order valence-electron chi connectivity index (χ3n) is 7.72. The number of para-hydroxylation sites is 1. The Labute approximate surface area is 236 Å². The number of fused-ring (bicyclic) bond motifs is 2. The maximum atomic E-state index is 14.7. The number of rotatable bonds is 3. The molecule has 14 heteroatoms. The van der Waals surface area contributed by atoms with Crippen LogP contribution < -0.4 is 20.7 Å². The molecule has 10 nitrogen and oxygen atoms in total. The molecule has 0 aromatic heterocycles. The van der Waals surface area contributed by atoms with E-state index in [2.05, 4.69) is 16.0 Å². The van der Waals surface area contributed by atoms with Crippen molar-refractivity contribution in [1.82, 2.24) is 16.0 Å². The van der Waals surface area contributed by atoms with Gasteiger partial charge in [-0.1, -0.05) is 12.1 Å². The smallest absolute Gasteiger partial charge is 0.313 e. The van der Waals surface area contributed by atoms with Gasteiger partial charge in [-0.15, -0.1) is 0 Å². The number of carbonyl (C=O) groups is 4. The van der Waals surface area contributed by atoms with Crippen LogP contribution >= 0.6 is 0 Å². The summed E-state index contributed by atoms with van der Waals surface area (Å²) in [6.07, 6.45) is -2.19. The first-order valence-electron chi connectivity index (χ1n) is 13.3. The normalized spacial score (nSPS) is 28.0. The fourth-order valence-corrected chi connectivity index (χ4v) is 5.19. The minimum absolute atomic E-state index is 0.170. The van der Waals surface area contributed by atoms with Crippen molar-refractivity contribution in [2.45, 2.75) is 63.4 Å². The molecule has 1 saturated carbocycles. The Morgan fingerprint density at radius 1 is 0.929 bits per heavy atom. The number of nitrogens with one attached hydrogen (secondary N) is 3. The minimum atomic E-state index is -2.11. The quantitative estimate of drug-likeness (QED) is 0.185. The Bertz CT molecular complexity index is 1470.